The molecule has 0 aliphatic heterocycles. The van der Waals surface area contributed by atoms with Crippen LogP contribution in [-0.4, -0.2) is 25.9 Å². The van der Waals surface area contributed by atoms with Crippen molar-refractivity contribution in [1.82, 2.24) is 14.8 Å². The van der Waals surface area contributed by atoms with E-state index in [0.717, 1.165) is 0 Å². The molecular formula is C16H15N5O2. The second-order valence-corrected chi connectivity index (χ2v) is 4.94. The Labute approximate surface area is 132 Å². The molecule has 3 rings (SSSR count). The molecule has 3 aromatic rings. The lowest BCUT2D eigenvalue weighted by molar-refractivity contribution is 0.262. The lowest BCUT2D eigenvalue weighted by atomic mass is 10.2. The number of amides is 2. The summed E-state index contributed by atoms with van der Waals surface area (Å²) in [6.07, 6.45) is 5.01. The van der Waals surface area contributed by atoms with Gasteiger partial charge in [0, 0.05) is 18.1 Å². The summed E-state index contributed by atoms with van der Waals surface area (Å²) in [5.74, 6) is 0.851. The standard InChI is InChI=1S/C16H15N5O2/c1-11-9-12(3-5-14(11)22)19-16(23)20-13-4-6-15(17-10-13)21-8-2-7-18-21/h2-10,22H,1H3,(H2,19,20,23). The van der Waals surface area contributed by atoms with E-state index in [-0.39, 0.29) is 11.8 Å². The maximum absolute atomic E-state index is 12.0. The van der Waals surface area contributed by atoms with Gasteiger partial charge in [0.1, 0.15) is 5.75 Å². The summed E-state index contributed by atoms with van der Waals surface area (Å²) in [5, 5.41) is 18.9. The molecule has 0 spiro atoms. The smallest absolute Gasteiger partial charge is 0.323 e. The summed E-state index contributed by atoms with van der Waals surface area (Å²) in [7, 11) is 0. The molecule has 3 N–H and O–H groups in total. The highest BCUT2D eigenvalue weighted by Crippen LogP contribution is 2.20. The molecule has 0 radical (unpaired) electrons. The van der Waals surface area contributed by atoms with Crippen molar-refractivity contribution < 1.29 is 9.90 Å². The number of phenolic OH excluding ortho intramolecular Hbond substituents is 1. The molecule has 0 aliphatic rings. The zero-order chi connectivity index (χ0) is 16.2. The average molecular weight is 309 g/mol. The summed E-state index contributed by atoms with van der Waals surface area (Å²) in [6, 6.07) is 9.77. The number of pyridine rings is 1. The Kier molecular flexibility index (Phi) is 3.92. The summed E-state index contributed by atoms with van der Waals surface area (Å²) < 4.78 is 1.63. The van der Waals surface area contributed by atoms with Gasteiger partial charge in [-0.25, -0.2) is 14.5 Å². The van der Waals surface area contributed by atoms with Gasteiger partial charge in [-0.1, -0.05) is 0 Å². The number of carbonyl (C=O) groups is 1. The first kappa shape index (κ1) is 14.6. The third-order valence-electron chi connectivity index (χ3n) is 3.20. The second kappa shape index (κ2) is 6.18. The molecule has 7 nitrogen and oxygen atoms in total. The van der Waals surface area contributed by atoms with E-state index >= 15 is 0 Å². The first-order valence-corrected chi connectivity index (χ1v) is 6.95. The number of aromatic hydroxyl groups is 1. The van der Waals surface area contributed by atoms with Crippen LogP contribution in [0.4, 0.5) is 16.2 Å². The van der Waals surface area contributed by atoms with E-state index in [1.54, 1.807) is 60.5 Å². The van der Waals surface area contributed by atoms with E-state index in [1.807, 2.05) is 0 Å². The molecule has 2 aromatic heterocycles. The van der Waals surface area contributed by atoms with Crippen molar-refractivity contribution in [1.29, 1.82) is 0 Å². The van der Waals surface area contributed by atoms with Crippen molar-refractivity contribution >= 4 is 17.4 Å². The van der Waals surface area contributed by atoms with Crippen LogP contribution < -0.4 is 10.6 Å². The molecule has 0 atom stereocenters. The van der Waals surface area contributed by atoms with Crippen LogP contribution in [0.1, 0.15) is 5.56 Å². The lowest BCUT2D eigenvalue weighted by Gasteiger charge is -2.09. The van der Waals surface area contributed by atoms with Gasteiger partial charge in [0.25, 0.3) is 0 Å². The zero-order valence-corrected chi connectivity index (χ0v) is 12.4. The van der Waals surface area contributed by atoms with Crippen LogP contribution in [-0.2, 0) is 0 Å². The third kappa shape index (κ3) is 3.46. The summed E-state index contributed by atoms with van der Waals surface area (Å²) in [5.41, 5.74) is 1.85. The Morgan fingerprint density at radius 3 is 2.61 bits per heavy atom. The van der Waals surface area contributed by atoms with E-state index in [0.29, 0.717) is 22.8 Å². The van der Waals surface area contributed by atoms with E-state index < -0.39 is 0 Å². The highest BCUT2D eigenvalue weighted by atomic mass is 16.3. The van der Waals surface area contributed by atoms with Gasteiger partial charge in [-0.15, -0.1) is 0 Å². The number of nitrogens with zero attached hydrogens (tertiary/aromatic N) is 3. The highest BCUT2D eigenvalue weighted by Gasteiger charge is 2.05. The molecule has 0 unspecified atom stereocenters. The highest BCUT2D eigenvalue weighted by molar-refractivity contribution is 5.99. The van der Waals surface area contributed by atoms with Crippen LogP contribution in [0.5, 0.6) is 5.75 Å². The quantitative estimate of drug-likeness (QED) is 0.649. The molecular weight excluding hydrogens is 294 g/mol. The molecule has 1 aromatic carbocycles. The van der Waals surface area contributed by atoms with E-state index in [9.17, 15) is 9.90 Å². The molecule has 7 heteroatoms. The van der Waals surface area contributed by atoms with Gasteiger partial charge >= 0.3 is 6.03 Å². The average Bonchev–Trinajstić information content (AvgIpc) is 3.06. The summed E-state index contributed by atoms with van der Waals surface area (Å²) >= 11 is 0. The number of hydrogen-bond acceptors (Lipinski definition) is 4. The van der Waals surface area contributed by atoms with Gasteiger partial charge in [0.05, 0.1) is 11.9 Å². The van der Waals surface area contributed by atoms with Gasteiger partial charge in [-0.2, -0.15) is 5.10 Å². The van der Waals surface area contributed by atoms with Crippen LogP contribution in [0.15, 0.2) is 55.0 Å². The van der Waals surface area contributed by atoms with E-state index in [4.69, 9.17) is 0 Å². The molecule has 2 heterocycles. The summed E-state index contributed by atoms with van der Waals surface area (Å²) in [6.45, 7) is 1.76. The molecule has 0 aliphatic carbocycles. The van der Waals surface area contributed by atoms with Crippen LogP contribution >= 0.6 is 0 Å². The van der Waals surface area contributed by atoms with Gasteiger partial charge in [0.2, 0.25) is 0 Å². The van der Waals surface area contributed by atoms with Crippen molar-refractivity contribution in [3.63, 3.8) is 0 Å². The van der Waals surface area contributed by atoms with Crippen molar-refractivity contribution in [3.8, 4) is 11.6 Å². The van der Waals surface area contributed by atoms with Gasteiger partial charge in [0.15, 0.2) is 5.82 Å². The Balaban J connectivity index is 1.64. The number of anilines is 2. The third-order valence-corrected chi connectivity index (χ3v) is 3.20. The predicted octanol–water partition coefficient (Wildman–Crippen LogP) is 2.93. The first-order valence-electron chi connectivity index (χ1n) is 6.95. The number of urea groups is 1. The van der Waals surface area contributed by atoms with Crippen LogP contribution in [0.25, 0.3) is 5.82 Å². The molecule has 0 saturated carbocycles. The first-order chi connectivity index (χ1) is 11.1. The normalized spacial score (nSPS) is 10.3. The number of aromatic nitrogens is 3. The fraction of sp³-hybridized carbons (Fsp3) is 0.0625. The fourth-order valence-electron chi connectivity index (χ4n) is 2.03. The molecule has 23 heavy (non-hydrogen) atoms. The minimum absolute atomic E-state index is 0.189. The zero-order valence-electron chi connectivity index (χ0n) is 12.4. The van der Waals surface area contributed by atoms with E-state index in [2.05, 4.69) is 20.7 Å². The van der Waals surface area contributed by atoms with Crippen molar-refractivity contribution in [2.75, 3.05) is 10.6 Å². The molecule has 116 valence electrons. The number of aryl methyl sites for hydroxylation is 1. The Bertz CT molecular complexity index is 813. The Morgan fingerprint density at radius 1 is 1.17 bits per heavy atom. The van der Waals surface area contributed by atoms with Crippen LogP contribution in [0.2, 0.25) is 0 Å². The number of benzene rings is 1. The van der Waals surface area contributed by atoms with E-state index in [1.165, 1.54) is 6.07 Å². The van der Waals surface area contributed by atoms with Crippen LogP contribution in [0.3, 0.4) is 0 Å². The van der Waals surface area contributed by atoms with Gasteiger partial charge < -0.3 is 15.7 Å². The Morgan fingerprint density at radius 2 is 1.96 bits per heavy atom. The maximum Gasteiger partial charge on any atom is 0.323 e. The largest absolute Gasteiger partial charge is 0.508 e. The molecule has 0 fully saturated rings. The number of hydrogen-bond donors (Lipinski definition) is 3. The van der Waals surface area contributed by atoms with Crippen molar-refractivity contribution in [2.24, 2.45) is 0 Å². The lowest BCUT2D eigenvalue weighted by Crippen LogP contribution is -2.19. The van der Waals surface area contributed by atoms with Crippen molar-refractivity contribution in [2.45, 2.75) is 6.92 Å². The molecule has 2 amide bonds. The SMILES string of the molecule is Cc1cc(NC(=O)Nc2ccc(-n3cccn3)nc2)ccc1O. The monoisotopic (exact) mass is 309 g/mol. The minimum Gasteiger partial charge on any atom is -0.508 e. The Hall–Kier alpha value is -3.35. The van der Waals surface area contributed by atoms with Crippen LogP contribution in [0, 0.1) is 6.92 Å². The maximum atomic E-state index is 12.0. The number of nitrogens with one attached hydrogen (secondary N) is 2. The molecule has 0 bridgehead atoms. The second-order valence-electron chi connectivity index (χ2n) is 4.94. The fourth-order valence-corrected chi connectivity index (χ4v) is 2.03. The summed E-state index contributed by atoms with van der Waals surface area (Å²) in [4.78, 5) is 16.2. The number of rotatable bonds is 3. The van der Waals surface area contributed by atoms with Crippen molar-refractivity contribution in [3.05, 3.63) is 60.6 Å². The van der Waals surface area contributed by atoms with Gasteiger partial charge in [-0.3, -0.25) is 0 Å². The van der Waals surface area contributed by atoms with Gasteiger partial charge in [-0.05, 0) is 48.9 Å². The minimum atomic E-state index is -0.385. The number of carbonyl (C=O) groups excluding carboxylic acids is 1. The molecule has 0 saturated heterocycles. The predicted molar refractivity (Wildman–Crippen MR) is 86.8 cm³/mol. The topological polar surface area (TPSA) is 92.1 Å². The number of phenols is 1.